The molecule has 2 fully saturated rings. The van der Waals surface area contributed by atoms with Crippen LogP contribution in [-0.4, -0.2) is 56.0 Å². The highest BCUT2D eigenvalue weighted by Crippen LogP contribution is 2.24. The number of carbonyl (C=O) groups excluding carboxylic acids is 2. The summed E-state index contributed by atoms with van der Waals surface area (Å²) in [5.74, 6) is -0.689. The van der Waals surface area contributed by atoms with Crippen molar-refractivity contribution in [1.82, 2.24) is 10.2 Å². The Hall–Kier alpha value is -2.08. The summed E-state index contributed by atoms with van der Waals surface area (Å²) in [6.45, 7) is 6.25. The van der Waals surface area contributed by atoms with Crippen LogP contribution in [-0.2, 0) is 9.59 Å². The third-order valence-corrected chi connectivity index (χ3v) is 5.63. The third-order valence-electron chi connectivity index (χ3n) is 5.63. The molecular formula is C20H30N4O2. The second-order valence-corrected chi connectivity index (χ2v) is 7.63. The highest BCUT2D eigenvalue weighted by atomic mass is 16.2. The van der Waals surface area contributed by atoms with E-state index in [1.165, 1.54) is 6.42 Å². The maximum Gasteiger partial charge on any atom is 0.313 e. The lowest BCUT2D eigenvalue weighted by atomic mass is 9.86. The molecule has 2 unspecified atom stereocenters. The molecule has 1 saturated carbocycles. The quantitative estimate of drug-likeness (QED) is 0.812. The van der Waals surface area contributed by atoms with Crippen LogP contribution in [0.3, 0.4) is 0 Å². The van der Waals surface area contributed by atoms with Crippen LogP contribution in [0, 0.1) is 5.92 Å². The van der Waals surface area contributed by atoms with E-state index >= 15 is 0 Å². The zero-order valence-corrected chi connectivity index (χ0v) is 15.8. The van der Waals surface area contributed by atoms with E-state index in [4.69, 9.17) is 0 Å². The van der Waals surface area contributed by atoms with Gasteiger partial charge in [0.2, 0.25) is 0 Å². The molecule has 2 N–H and O–H groups in total. The molecule has 1 aliphatic carbocycles. The number of amides is 2. The van der Waals surface area contributed by atoms with Gasteiger partial charge in [0.15, 0.2) is 0 Å². The van der Waals surface area contributed by atoms with Crippen LogP contribution in [0.25, 0.3) is 0 Å². The van der Waals surface area contributed by atoms with Crippen LogP contribution in [0.4, 0.5) is 11.4 Å². The summed E-state index contributed by atoms with van der Waals surface area (Å²) < 4.78 is 0. The van der Waals surface area contributed by atoms with Crippen molar-refractivity contribution in [1.29, 1.82) is 0 Å². The number of carbonyl (C=O) groups is 2. The Morgan fingerprint density at radius 3 is 2.27 bits per heavy atom. The fourth-order valence-corrected chi connectivity index (χ4v) is 3.77. The average Bonchev–Trinajstić information content (AvgIpc) is 2.65. The van der Waals surface area contributed by atoms with Gasteiger partial charge in [-0.1, -0.05) is 19.8 Å². The number of hydrogen-bond acceptors (Lipinski definition) is 4. The first-order valence-electron chi connectivity index (χ1n) is 9.68. The number of piperazine rings is 1. The maximum absolute atomic E-state index is 12.2. The number of benzene rings is 1. The van der Waals surface area contributed by atoms with E-state index in [0.29, 0.717) is 11.6 Å². The Labute approximate surface area is 155 Å². The summed E-state index contributed by atoms with van der Waals surface area (Å²) >= 11 is 0. The lowest BCUT2D eigenvalue weighted by Gasteiger charge is -2.34. The molecule has 1 heterocycles. The molecule has 1 aromatic carbocycles. The van der Waals surface area contributed by atoms with E-state index in [1.807, 2.05) is 24.3 Å². The number of rotatable bonds is 3. The van der Waals surface area contributed by atoms with Crippen molar-refractivity contribution in [2.24, 2.45) is 5.92 Å². The van der Waals surface area contributed by atoms with Crippen LogP contribution in [0.1, 0.15) is 32.6 Å². The van der Waals surface area contributed by atoms with Gasteiger partial charge in [0.1, 0.15) is 0 Å². The topological polar surface area (TPSA) is 64.7 Å². The molecule has 26 heavy (non-hydrogen) atoms. The van der Waals surface area contributed by atoms with Crippen molar-refractivity contribution in [3.05, 3.63) is 24.3 Å². The first-order valence-corrected chi connectivity index (χ1v) is 9.68. The lowest BCUT2D eigenvalue weighted by Crippen LogP contribution is -2.45. The van der Waals surface area contributed by atoms with Gasteiger partial charge in [-0.25, -0.2) is 0 Å². The monoisotopic (exact) mass is 358 g/mol. The molecule has 1 aromatic rings. The van der Waals surface area contributed by atoms with Crippen LogP contribution in [0.5, 0.6) is 0 Å². The van der Waals surface area contributed by atoms with Crippen molar-refractivity contribution in [3.8, 4) is 0 Å². The number of nitrogens with one attached hydrogen (secondary N) is 2. The van der Waals surface area contributed by atoms with Gasteiger partial charge in [0.25, 0.3) is 0 Å². The third kappa shape index (κ3) is 4.75. The Morgan fingerprint density at radius 2 is 1.62 bits per heavy atom. The van der Waals surface area contributed by atoms with Crippen LogP contribution < -0.4 is 15.5 Å². The van der Waals surface area contributed by atoms with Gasteiger partial charge in [-0.2, -0.15) is 0 Å². The van der Waals surface area contributed by atoms with E-state index in [0.717, 1.165) is 51.1 Å². The molecule has 1 saturated heterocycles. The van der Waals surface area contributed by atoms with Gasteiger partial charge in [-0.15, -0.1) is 0 Å². The zero-order valence-electron chi connectivity index (χ0n) is 15.8. The van der Waals surface area contributed by atoms with Crippen molar-refractivity contribution in [3.63, 3.8) is 0 Å². The fraction of sp³-hybridized carbons (Fsp3) is 0.600. The summed E-state index contributed by atoms with van der Waals surface area (Å²) in [6.07, 6.45) is 4.39. The Morgan fingerprint density at radius 1 is 0.962 bits per heavy atom. The molecule has 2 atom stereocenters. The zero-order chi connectivity index (χ0) is 18.5. The number of nitrogens with zero attached hydrogens (tertiary/aromatic N) is 2. The standard InChI is InChI=1S/C20H30N4O2/c1-15-5-3-4-6-18(15)22-20(26)19(25)21-16-7-9-17(10-8-16)24-13-11-23(2)12-14-24/h7-10,15,18H,3-6,11-14H2,1-2H3,(H,21,25)(H,22,26). The van der Waals surface area contributed by atoms with E-state index in [9.17, 15) is 9.59 Å². The minimum atomic E-state index is -0.588. The minimum Gasteiger partial charge on any atom is -0.369 e. The van der Waals surface area contributed by atoms with Gasteiger partial charge < -0.3 is 20.4 Å². The van der Waals surface area contributed by atoms with Crippen molar-refractivity contribution in [2.75, 3.05) is 43.4 Å². The van der Waals surface area contributed by atoms with Crippen molar-refractivity contribution in [2.45, 2.75) is 38.6 Å². The summed E-state index contributed by atoms with van der Waals surface area (Å²) in [7, 11) is 2.13. The number of hydrogen-bond donors (Lipinski definition) is 2. The van der Waals surface area contributed by atoms with Gasteiger partial charge >= 0.3 is 11.8 Å². The summed E-state index contributed by atoms with van der Waals surface area (Å²) in [4.78, 5) is 29.0. The maximum atomic E-state index is 12.2. The Kier molecular flexibility index (Phi) is 6.14. The van der Waals surface area contributed by atoms with Gasteiger partial charge in [-0.05, 0) is 50.1 Å². The van der Waals surface area contributed by atoms with E-state index in [2.05, 4.69) is 34.4 Å². The Bertz CT molecular complexity index is 623. The molecule has 0 aromatic heterocycles. The SMILES string of the molecule is CC1CCCCC1NC(=O)C(=O)Nc1ccc(N2CCN(C)CC2)cc1. The molecular weight excluding hydrogens is 328 g/mol. The van der Waals surface area contributed by atoms with Gasteiger partial charge in [0, 0.05) is 43.6 Å². The molecule has 142 valence electrons. The lowest BCUT2D eigenvalue weighted by molar-refractivity contribution is -0.137. The van der Waals surface area contributed by atoms with Crippen LogP contribution in [0.2, 0.25) is 0 Å². The molecule has 6 nitrogen and oxygen atoms in total. The predicted octanol–water partition coefficient (Wildman–Crippen LogP) is 2.07. The molecule has 0 spiro atoms. The van der Waals surface area contributed by atoms with E-state index < -0.39 is 11.8 Å². The predicted molar refractivity (Wildman–Crippen MR) is 104 cm³/mol. The molecule has 2 aliphatic rings. The van der Waals surface area contributed by atoms with E-state index in [1.54, 1.807) is 0 Å². The Balaban J connectivity index is 1.51. The summed E-state index contributed by atoms with van der Waals surface area (Å²) in [5, 5.41) is 5.60. The van der Waals surface area contributed by atoms with Crippen LogP contribution in [0.15, 0.2) is 24.3 Å². The first-order chi connectivity index (χ1) is 12.5. The normalized spacial score (nSPS) is 24.2. The van der Waals surface area contributed by atoms with Gasteiger partial charge in [-0.3, -0.25) is 9.59 Å². The molecule has 0 radical (unpaired) electrons. The van der Waals surface area contributed by atoms with E-state index in [-0.39, 0.29) is 6.04 Å². The average molecular weight is 358 g/mol. The number of likely N-dealkylation sites (N-methyl/N-ethyl adjacent to an activating group) is 1. The second-order valence-electron chi connectivity index (χ2n) is 7.63. The molecule has 3 rings (SSSR count). The molecule has 1 aliphatic heterocycles. The fourth-order valence-electron chi connectivity index (χ4n) is 3.77. The first kappa shape index (κ1) is 18.7. The minimum absolute atomic E-state index is 0.113. The number of anilines is 2. The highest BCUT2D eigenvalue weighted by molar-refractivity contribution is 6.39. The van der Waals surface area contributed by atoms with Gasteiger partial charge in [0.05, 0.1) is 0 Å². The molecule has 2 amide bonds. The largest absolute Gasteiger partial charge is 0.369 e. The summed E-state index contributed by atoms with van der Waals surface area (Å²) in [6, 6.07) is 7.84. The van der Waals surface area contributed by atoms with Crippen molar-refractivity contribution >= 4 is 23.2 Å². The van der Waals surface area contributed by atoms with Crippen molar-refractivity contribution < 1.29 is 9.59 Å². The smallest absolute Gasteiger partial charge is 0.313 e. The summed E-state index contributed by atoms with van der Waals surface area (Å²) in [5.41, 5.74) is 1.80. The molecule has 0 bridgehead atoms. The second kappa shape index (κ2) is 8.54. The van der Waals surface area contributed by atoms with Crippen LogP contribution >= 0.6 is 0 Å². The molecule has 6 heteroatoms. The highest BCUT2D eigenvalue weighted by Gasteiger charge is 2.25.